The lowest BCUT2D eigenvalue weighted by Gasteiger charge is -2.18. The molecule has 28 heavy (non-hydrogen) atoms. The van der Waals surface area contributed by atoms with Gasteiger partial charge in [-0.05, 0) is 50.1 Å². The van der Waals surface area contributed by atoms with Crippen molar-refractivity contribution >= 4 is 17.5 Å². The van der Waals surface area contributed by atoms with Gasteiger partial charge in [0.05, 0.1) is 12.6 Å². The van der Waals surface area contributed by atoms with Gasteiger partial charge in [0, 0.05) is 24.9 Å². The third-order valence-electron chi connectivity index (χ3n) is 4.60. The standard InChI is InChI=1S/C22H26N2O4/c1-16-8-10-18(11-9-16)23-21(25)14-24(2)22(26)17-5-3-6-19(13-17)28-15-20-7-4-12-27-20/h3,5-6,8-11,13,20H,4,7,12,14-15H2,1-2H3,(H,23,25). The zero-order valence-corrected chi connectivity index (χ0v) is 16.3. The molecule has 3 rings (SSSR count). The summed E-state index contributed by atoms with van der Waals surface area (Å²) in [4.78, 5) is 26.3. The van der Waals surface area contributed by atoms with Crippen molar-refractivity contribution in [1.29, 1.82) is 0 Å². The van der Waals surface area contributed by atoms with Crippen molar-refractivity contribution in [1.82, 2.24) is 4.90 Å². The number of anilines is 1. The van der Waals surface area contributed by atoms with Gasteiger partial charge in [0.2, 0.25) is 5.91 Å². The number of carbonyl (C=O) groups excluding carboxylic acids is 2. The highest BCUT2D eigenvalue weighted by Crippen LogP contribution is 2.18. The fourth-order valence-corrected chi connectivity index (χ4v) is 3.03. The molecule has 0 aromatic heterocycles. The molecule has 1 fully saturated rings. The molecule has 6 nitrogen and oxygen atoms in total. The second-order valence-corrected chi connectivity index (χ2v) is 7.05. The van der Waals surface area contributed by atoms with Crippen LogP contribution in [0, 0.1) is 6.92 Å². The molecule has 0 aliphatic carbocycles. The van der Waals surface area contributed by atoms with E-state index >= 15 is 0 Å². The number of rotatable bonds is 7. The van der Waals surface area contributed by atoms with Crippen LogP contribution in [0.5, 0.6) is 5.75 Å². The van der Waals surface area contributed by atoms with Crippen LogP contribution in [0.15, 0.2) is 48.5 Å². The summed E-state index contributed by atoms with van der Waals surface area (Å²) in [5.74, 6) is 0.144. The molecule has 0 saturated carbocycles. The van der Waals surface area contributed by atoms with Gasteiger partial charge in [0.1, 0.15) is 12.4 Å². The predicted molar refractivity (Wildman–Crippen MR) is 108 cm³/mol. The molecule has 6 heteroatoms. The number of ether oxygens (including phenoxy) is 2. The molecule has 2 aromatic carbocycles. The van der Waals surface area contributed by atoms with E-state index in [-0.39, 0.29) is 24.5 Å². The second kappa shape index (κ2) is 9.37. The quantitative estimate of drug-likeness (QED) is 0.798. The Balaban J connectivity index is 1.53. The van der Waals surface area contributed by atoms with Crippen molar-refractivity contribution in [2.75, 3.05) is 32.1 Å². The Morgan fingerprint density at radius 2 is 2.00 bits per heavy atom. The first-order valence-electron chi connectivity index (χ1n) is 9.48. The minimum Gasteiger partial charge on any atom is -0.491 e. The Hall–Kier alpha value is -2.86. The van der Waals surface area contributed by atoms with E-state index < -0.39 is 0 Å². The van der Waals surface area contributed by atoms with Crippen molar-refractivity contribution in [3.8, 4) is 5.75 Å². The fraction of sp³-hybridized carbons (Fsp3) is 0.364. The molecule has 1 aliphatic heterocycles. The number of likely N-dealkylation sites (N-methyl/N-ethyl adjacent to an activating group) is 1. The van der Waals surface area contributed by atoms with E-state index in [1.807, 2.05) is 37.3 Å². The zero-order chi connectivity index (χ0) is 19.9. The summed E-state index contributed by atoms with van der Waals surface area (Å²) in [7, 11) is 1.61. The van der Waals surface area contributed by atoms with Gasteiger partial charge in [-0.3, -0.25) is 9.59 Å². The Kier molecular flexibility index (Phi) is 6.66. The number of carbonyl (C=O) groups is 2. The zero-order valence-electron chi connectivity index (χ0n) is 16.3. The molecule has 2 aromatic rings. The average Bonchev–Trinajstić information content (AvgIpc) is 3.21. The Morgan fingerprint density at radius 3 is 2.71 bits per heavy atom. The maximum absolute atomic E-state index is 12.7. The van der Waals surface area contributed by atoms with E-state index in [1.165, 1.54) is 4.90 Å². The van der Waals surface area contributed by atoms with Crippen molar-refractivity contribution < 1.29 is 19.1 Å². The summed E-state index contributed by atoms with van der Waals surface area (Å²) in [5, 5.41) is 2.80. The third kappa shape index (κ3) is 5.57. The maximum atomic E-state index is 12.7. The molecule has 1 heterocycles. The summed E-state index contributed by atoms with van der Waals surface area (Å²) >= 11 is 0. The number of aryl methyl sites for hydroxylation is 1. The van der Waals surface area contributed by atoms with Crippen molar-refractivity contribution in [2.45, 2.75) is 25.9 Å². The van der Waals surface area contributed by atoms with E-state index in [4.69, 9.17) is 9.47 Å². The van der Waals surface area contributed by atoms with Crippen LogP contribution < -0.4 is 10.1 Å². The number of nitrogens with zero attached hydrogens (tertiary/aromatic N) is 1. The van der Waals surface area contributed by atoms with Crippen LogP contribution in [-0.2, 0) is 9.53 Å². The van der Waals surface area contributed by atoms with E-state index in [0.717, 1.165) is 25.0 Å². The van der Waals surface area contributed by atoms with Gasteiger partial charge in [0.15, 0.2) is 0 Å². The van der Waals surface area contributed by atoms with Gasteiger partial charge < -0.3 is 19.7 Å². The van der Waals surface area contributed by atoms with E-state index in [2.05, 4.69) is 5.32 Å². The molecule has 1 atom stereocenters. The number of amides is 2. The summed E-state index contributed by atoms with van der Waals surface area (Å²) in [6.07, 6.45) is 2.17. The highest BCUT2D eigenvalue weighted by atomic mass is 16.5. The molecule has 2 amide bonds. The van der Waals surface area contributed by atoms with Gasteiger partial charge >= 0.3 is 0 Å². The summed E-state index contributed by atoms with van der Waals surface area (Å²) < 4.78 is 11.3. The summed E-state index contributed by atoms with van der Waals surface area (Å²) in [5.41, 5.74) is 2.31. The molecule has 0 radical (unpaired) electrons. The van der Waals surface area contributed by atoms with Crippen LogP contribution in [0.25, 0.3) is 0 Å². The Labute approximate surface area is 165 Å². The maximum Gasteiger partial charge on any atom is 0.254 e. The first-order chi connectivity index (χ1) is 13.5. The molecule has 0 spiro atoms. The van der Waals surface area contributed by atoms with E-state index in [1.54, 1.807) is 25.2 Å². The van der Waals surface area contributed by atoms with Gasteiger partial charge in [-0.25, -0.2) is 0 Å². The van der Waals surface area contributed by atoms with E-state index in [0.29, 0.717) is 23.6 Å². The van der Waals surface area contributed by atoms with Crippen LogP contribution in [-0.4, -0.2) is 49.6 Å². The van der Waals surface area contributed by atoms with Gasteiger partial charge in [-0.2, -0.15) is 0 Å². The molecule has 1 N–H and O–H groups in total. The smallest absolute Gasteiger partial charge is 0.254 e. The van der Waals surface area contributed by atoms with Crippen LogP contribution in [0.3, 0.4) is 0 Å². The predicted octanol–water partition coefficient (Wildman–Crippen LogP) is 3.26. The Morgan fingerprint density at radius 1 is 1.21 bits per heavy atom. The van der Waals surface area contributed by atoms with Gasteiger partial charge in [-0.15, -0.1) is 0 Å². The average molecular weight is 382 g/mol. The molecule has 148 valence electrons. The lowest BCUT2D eigenvalue weighted by atomic mass is 10.2. The highest BCUT2D eigenvalue weighted by Gasteiger charge is 2.18. The summed E-state index contributed by atoms with van der Waals surface area (Å²) in [6.45, 7) is 3.21. The minimum absolute atomic E-state index is 0.0340. The van der Waals surface area contributed by atoms with Gasteiger partial charge in [-0.1, -0.05) is 23.8 Å². The lowest BCUT2D eigenvalue weighted by Crippen LogP contribution is -2.34. The summed E-state index contributed by atoms with van der Waals surface area (Å²) in [6, 6.07) is 14.5. The molecule has 1 saturated heterocycles. The van der Waals surface area contributed by atoms with Crippen LogP contribution in [0.2, 0.25) is 0 Å². The number of benzene rings is 2. The number of hydrogen-bond donors (Lipinski definition) is 1. The first-order valence-corrected chi connectivity index (χ1v) is 9.48. The SMILES string of the molecule is Cc1ccc(NC(=O)CN(C)C(=O)c2cccc(OCC3CCCO3)c2)cc1. The van der Waals surface area contributed by atoms with Crippen molar-refractivity contribution in [3.63, 3.8) is 0 Å². The van der Waals surface area contributed by atoms with Crippen molar-refractivity contribution in [2.24, 2.45) is 0 Å². The topological polar surface area (TPSA) is 67.9 Å². The Bertz CT molecular complexity index is 814. The lowest BCUT2D eigenvalue weighted by molar-refractivity contribution is -0.116. The van der Waals surface area contributed by atoms with Crippen molar-refractivity contribution in [3.05, 3.63) is 59.7 Å². The molecule has 1 unspecified atom stereocenters. The molecular formula is C22H26N2O4. The van der Waals surface area contributed by atoms with E-state index in [9.17, 15) is 9.59 Å². The molecular weight excluding hydrogens is 356 g/mol. The minimum atomic E-state index is -0.245. The fourth-order valence-electron chi connectivity index (χ4n) is 3.03. The number of nitrogens with one attached hydrogen (secondary N) is 1. The highest BCUT2D eigenvalue weighted by molar-refractivity contribution is 5.99. The second-order valence-electron chi connectivity index (χ2n) is 7.05. The monoisotopic (exact) mass is 382 g/mol. The van der Waals surface area contributed by atoms with Crippen LogP contribution in [0.1, 0.15) is 28.8 Å². The number of hydrogen-bond acceptors (Lipinski definition) is 4. The third-order valence-corrected chi connectivity index (χ3v) is 4.60. The normalized spacial score (nSPS) is 15.9. The molecule has 1 aliphatic rings. The van der Waals surface area contributed by atoms with Gasteiger partial charge in [0.25, 0.3) is 5.91 Å². The largest absolute Gasteiger partial charge is 0.491 e. The first kappa shape index (κ1) is 19.9. The van der Waals surface area contributed by atoms with Crippen LogP contribution >= 0.6 is 0 Å². The van der Waals surface area contributed by atoms with Crippen LogP contribution in [0.4, 0.5) is 5.69 Å². The molecule has 0 bridgehead atoms.